The minimum Gasteiger partial charge on any atom is -0.507 e. The summed E-state index contributed by atoms with van der Waals surface area (Å²) < 4.78 is 0. The highest BCUT2D eigenvalue weighted by Gasteiger charge is 2.07. The van der Waals surface area contributed by atoms with Gasteiger partial charge in [-0.1, -0.05) is 24.3 Å². The molecule has 0 unspecified atom stereocenters. The Bertz CT molecular complexity index is 596. The van der Waals surface area contributed by atoms with E-state index in [2.05, 4.69) is 0 Å². The van der Waals surface area contributed by atoms with E-state index in [0.717, 1.165) is 21.4 Å². The van der Waals surface area contributed by atoms with E-state index in [4.69, 9.17) is 0 Å². The van der Waals surface area contributed by atoms with Gasteiger partial charge in [-0.25, -0.2) is 0 Å². The third-order valence-corrected chi connectivity index (χ3v) is 4.01. The predicted octanol–water partition coefficient (Wildman–Crippen LogP) is 3.12. The molecule has 1 amide bonds. The molecule has 0 spiro atoms. The summed E-state index contributed by atoms with van der Waals surface area (Å²) in [5, 5.41) is 11.7. The molecule has 0 saturated heterocycles. The molecular formula is C15H17NO2S. The van der Waals surface area contributed by atoms with Gasteiger partial charge in [0.05, 0.1) is 0 Å². The number of phenolic OH excluding ortho intramolecular Hbond substituents is 1. The fourth-order valence-corrected chi connectivity index (χ4v) is 2.85. The maximum absolute atomic E-state index is 11.5. The van der Waals surface area contributed by atoms with Gasteiger partial charge in [-0.3, -0.25) is 4.79 Å². The SMILES string of the molecule is CN(C)C(=O)CCSc1ccc(O)c2ccccc12. The van der Waals surface area contributed by atoms with Crippen LogP contribution in [0, 0.1) is 0 Å². The Morgan fingerprint density at radius 2 is 1.84 bits per heavy atom. The quantitative estimate of drug-likeness (QED) is 0.872. The van der Waals surface area contributed by atoms with Crippen molar-refractivity contribution in [2.24, 2.45) is 0 Å². The number of phenols is 1. The van der Waals surface area contributed by atoms with E-state index in [1.165, 1.54) is 0 Å². The maximum atomic E-state index is 11.5. The summed E-state index contributed by atoms with van der Waals surface area (Å²) in [5.74, 6) is 1.17. The normalized spacial score (nSPS) is 10.6. The molecule has 3 nitrogen and oxygen atoms in total. The van der Waals surface area contributed by atoms with E-state index in [-0.39, 0.29) is 5.91 Å². The molecule has 2 aromatic rings. The third kappa shape index (κ3) is 3.20. The number of carbonyl (C=O) groups is 1. The third-order valence-electron chi connectivity index (χ3n) is 2.93. The van der Waals surface area contributed by atoms with Gasteiger partial charge >= 0.3 is 0 Å². The minimum absolute atomic E-state index is 0.135. The van der Waals surface area contributed by atoms with Gasteiger partial charge in [0.15, 0.2) is 0 Å². The minimum atomic E-state index is 0.135. The summed E-state index contributed by atoms with van der Waals surface area (Å²) in [5.41, 5.74) is 0. The molecule has 0 atom stereocenters. The molecule has 1 N–H and O–H groups in total. The smallest absolute Gasteiger partial charge is 0.222 e. The molecule has 0 heterocycles. The van der Waals surface area contributed by atoms with E-state index < -0.39 is 0 Å². The van der Waals surface area contributed by atoms with E-state index >= 15 is 0 Å². The first-order valence-corrected chi connectivity index (χ1v) is 7.12. The van der Waals surface area contributed by atoms with E-state index in [0.29, 0.717) is 12.2 Å². The lowest BCUT2D eigenvalue weighted by molar-refractivity contribution is -0.128. The Balaban J connectivity index is 2.13. The molecule has 4 heteroatoms. The summed E-state index contributed by atoms with van der Waals surface area (Å²) >= 11 is 1.65. The Morgan fingerprint density at radius 1 is 1.16 bits per heavy atom. The van der Waals surface area contributed by atoms with Gasteiger partial charge in [0.25, 0.3) is 0 Å². The Labute approximate surface area is 117 Å². The highest BCUT2D eigenvalue weighted by Crippen LogP contribution is 2.33. The Morgan fingerprint density at radius 3 is 2.53 bits per heavy atom. The van der Waals surface area contributed by atoms with Crippen LogP contribution in [0.5, 0.6) is 5.75 Å². The van der Waals surface area contributed by atoms with E-state index in [9.17, 15) is 9.90 Å². The highest BCUT2D eigenvalue weighted by atomic mass is 32.2. The average Bonchev–Trinajstić information content (AvgIpc) is 2.41. The van der Waals surface area contributed by atoms with Gasteiger partial charge in [0.2, 0.25) is 5.91 Å². The average molecular weight is 275 g/mol. The van der Waals surface area contributed by atoms with Crippen LogP contribution in [0.2, 0.25) is 0 Å². The van der Waals surface area contributed by atoms with Gasteiger partial charge in [-0.15, -0.1) is 11.8 Å². The number of nitrogens with zero attached hydrogens (tertiary/aromatic N) is 1. The van der Waals surface area contributed by atoms with Crippen molar-refractivity contribution in [2.45, 2.75) is 11.3 Å². The molecule has 0 saturated carbocycles. The second-order valence-electron chi connectivity index (χ2n) is 4.52. The van der Waals surface area contributed by atoms with Crippen LogP contribution in [0.15, 0.2) is 41.3 Å². The first-order valence-electron chi connectivity index (χ1n) is 6.13. The van der Waals surface area contributed by atoms with Crippen LogP contribution >= 0.6 is 11.8 Å². The lowest BCUT2D eigenvalue weighted by Gasteiger charge is -2.10. The molecule has 0 aliphatic heterocycles. The summed E-state index contributed by atoms with van der Waals surface area (Å²) in [6, 6.07) is 11.4. The number of benzene rings is 2. The van der Waals surface area contributed by atoms with Crippen LogP contribution in [0.4, 0.5) is 0 Å². The molecular weight excluding hydrogens is 258 g/mol. The lowest BCUT2D eigenvalue weighted by Crippen LogP contribution is -2.21. The number of hydrogen-bond acceptors (Lipinski definition) is 3. The van der Waals surface area contributed by atoms with Crippen molar-refractivity contribution in [3.8, 4) is 5.75 Å². The van der Waals surface area contributed by atoms with Crippen LogP contribution < -0.4 is 0 Å². The zero-order valence-electron chi connectivity index (χ0n) is 11.1. The standard InChI is InChI=1S/C15H17NO2S/c1-16(2)15(18)9-10-19-14-8-7-13(17)11-5-3-4-6-12(11)14/h3-8,17H,9-10H2,1-2H3. The largest absolute Gasteiger partial charge is 0.507 e. The first-order chi connectivity index (χ1) is 9.09. The van der Waals surface area contributed by atoms with Crippen LogP contribution in [0.3, 0.4) is 0 Å². The van der Waals surface area contributed by atoms with Crippen molar-refractivity contribution >= 4 is 28.4 Å². The highest BCUT2D eigenvalue weighted by molar-refractivity contribution is 7.99. The monoisotopic (exact) mass is 275 g/mol. The summed E-state index contributed by atoms with van der Waals surface area (Å²) in [7, 11) is 3.53. The molecule has 0 aliphatic carbocycles. The number of aromatic hydroxyl groups is 1. The molecule has 0 aromatic heterocycles. The van der Waals surface area contributed by atoms with Crippen LogP contribution in [-0.4, -0.2) is 35.8 Å². The fraction of sp³-hybridized carbons (Fsp3) is 0.267. The van der Waals surface area contributed by atoms with Gasteiger partial charge in [0.1, 0.15) is 5.75 Å². The summed E-state index contributed by atoms with van der Waals surface area (Å²) in [4.78, 5) is 14.2. The van der Waals surface area contributed by atoms with Gasteiger partial charge < -0.3 is 10.0 Å². The van der Waals surface area contributed by atoms with Crippen molar-refractivity contribution in [1.82, 2.24) is 4.90 Å². The Kier molecular flexibility index (Phi) is 4.32. The predicted molar refractivity (Wildman–Crippen MR) is 79.6 cm³/mol. The molecule has 2 rings (SSSR count). The summed E-state index contributed by atoms with van der Waals surface area (Å²) in [6.45, 7) is 0. The number of amides is 1. The van der Waals surface area contributed by atoms with E-state index in [1.807, 2.05) is 30.3 Å². The fourth-order valence-electron chi connectivity index (χ4n) is 1.85. The second-order valence-corrected chi connectivity index (χ2v) is 5.65. The number of rotatable bonds is 4. The van der Waals surface area contributed by atoms with Crippen molar-refractivity contribution in [3.63, 3.8) is 0 Å². The van der Waals surface area contributed by atoms with Crippen molar-refractivity contribution in [1.29, 1.82) is 0 Å². The molecule has 19 heavy (non-hydrogen) atoms. The van der Waals surface area contributed by atoms with Crippen molar-refractivity contribution in [3.05, 3.63) is 36.4 Å². The van der Waals surface area contributed by atoms with Crippen LogP contribution in [0.1, 0.15) is 6.42 Å². The van der Waals surface area contributed by atoms with Crippen LogP contribution in [0.25, 0.3) is 10.8 Å². The number of hydrogen-bond donors (Lipinski definition) is 1. The number of thioether (sulfide) groups is 1. The number of fused-ring (bicyclic) bond motifs is 1. The number of carbonyl (C=O) groups excluding carboxylic acids is 1. The van der Waals surface area contributed by atoms with Gasteiger partial charge in [0, 0.05) is 36.6 Å². The summed E-state index contributed by atoms with van der Waals surface area (Å²) in [6.07, 6.45) is 0.521. The molecule has 0 radical (unpaired) electrons. The zero-order chi connectivity index (χ0) is 13.8. The first kappa shape index (κ1) is 13.7. The van der Waals surface area contributed by atoms with Gasteiger partial charge in [-0.2, -0.15) is 0 Å². The van der Waals surface area contributed by atoms with Gasteiger partial charge in [-0.05, 0) is 17.5 Å². The molecule has 0 fully saturated rings. The lowest BCUT2D eigenvalue weighted by atomic mass is 10.1. The molecule has 2 aromatic carbocycles. The van der Waals surface area contributed by atoms with E-state index in [1.54, 1.807) is 36.8 Å². The van der Waals surface area contributed by atoms with Crippen molar-refractivity contribution in [2.75, 3.05) is 19.8 Å². The maximum Gasteiger partial charge on any atom is 0.222 e. The molecule has 100 valence electrons. The zero-order valence-corrected chi connectivity index (χ0v) is 11.9. The van der Waals surface area contributed by atoms with Crippen LogP contribution in [-0.2, 0) is 4.79 Å². The second kappa shape index (κ2) is 5.97. The molecule has 0 bridgehead atoms. The Hall–Kier alpha value is -1.68. The van der Waals surface area contributed by atoms with Crippen molar-refractivity contribution < 1.29 is 9.90 Å². The topological polar surface area (TPSA) is 40.5 Å². The molecule has 0 aliphatic rings.